The number of ether oxygens (including phenoxy) is 1. The zero-order chi connectivity index (χ0) is 12.2. The van der Waals surface area contributed by atoms with E-state index in [1.54, 1.807) is 25.6 Å². The number of ketones is 1. The van der Waals surface area contributed by atoms with Crippen molar-refractivity contribution < 1.29 is 9.53 Å². The van der Waals surface area contributed by atoms with Gasteiger partial charge in [0, 0.05) is 23.7 Å². The monoisotopic (exact) mass is 222 g/mol. The average Bonchev–Trinajstić information content (AvgIpc) is 2.37. The van der Waals surface area contributed by atoms with E-state index in [1.165, 1.54) is 0 Å². The van der Waals surface area contributed by atoms with Crippen molar-refractivity contribution in [3.05, 3.63) is 24.0 Å². The van der Waals surface area contributed by atoms with Gasteiger partial charge in [0.15, 0.2) is 5.78 Å². The molecule has 1 unspecified atom stereocenters. The van der Waals surface area contributed by atoms with Crippen molar-refractivity contribution >= 4 is 5.78 Å². The molecule has 16 heavy (non-hydrogen) atoms. The van der Waals surface area contributed by atoms with Gasteiger partial charge in [-0.3, -0.25) is 9.78 Å². The number of Topliss-reactive ketones (excluding diaryl/α,β-unsaturated/α-hetero) is 1. The lowest BCUT2D eigenvalue weighted by Gasteiger charge is -2.24. The lowest BCUT2D eigenvalue weighted by atomic mass is 9.80. The number of rotatable bonds is 5. The van der Waals surface area contributed by atoms with Crippen LogP contribution < -0.4 is 10.5 Å². The van der Waals surface area contributed by atoms with E-state index in [0.29, 0.717) is 24.3 Å². The summed E-state index contributed by atoms with van der Waals surface area (Å²) in [6.45, 7) is 4.16. The Hall–Kier alpha value is -1.42. The third-order valence-corrected chi connectivity index (χ3v) is 2.99. The quantitative estimate of drug-likeness (QED) is 0.769. The van der Waals surface area contributed by atoms with Crippen LogP contribution in [0.2, 0.25) is 0 Å². The standard InChI is InChI=1S/C12H18N2O2/c1-4-12(2,8-13)11(15)9-5-10(16-3)7-14-6-9/h5-7H,4,8,13H2,1-3H3. The molecule has 1 rings (SSSR count). The zero-order valence-electron chi connectivity index (χ0n) is 9.99. The predicted molar refractivity (Wildman–Crippen MR) is 62.6 cm³/mol. The first-order valence-electron chi connectivity index (χ1n) is 5.31. The van der Waals surface area contributed by atoms with Gasteiger partial charge < -0.3 is 10.5 Å². The van der Waals surface area contributed by atoms with E-state index in [1.807, 2.05) is 13.8 Å². The number of pyridine rings is 1. The molecule has 1 atom stereocenters. The highest BCUT2D eigenvalue weighted by atomic mass is 16.5. The Morgan fingerprint density at radius 3 is 2.75 bits per heavy atom. The average molecular weight is 222 g/mol. The number of carbonyl (C=O) groups is 1. The number of nitrogens with zero attached hydrogens (tertiary/aromatic N) is 1. The summed E-state index contributed by atoms with van der Waals surface area (Å²) < 4.78 is 5.04. The van der Waals surface area contributed by atoms with Crippen molar-refractivity contribution in [2.45, 2.75) is 20.3 Å². The molecule has 0 spiro atoms. The smallest absolute Gasteiger partial charge is 0.171 e. The van der Waals surface area contributed by atoms with Gasteiger partial charge in [-0.15, -0.1) is 0 Å². The highest BCUT2D eigenvalue weighted by Gasteiger charge is 2.30. The molecule has 1 aromatic rings. The van der Waals surface area contributed by atoms with Crippen LogP contribution in [0.3, 0.4) is 0 Å². The Morgan fingerprint density at radius 2 is 2.25 bits per heavy atom. The molecule has 1 heterocycles. The fraction of sp³-hybridized carbons (Fsp3) is 0.500. The van der Waals surface area contributed by atoms with Gasteiger partial charge in [-0.05, 0) is 12.5 Å². The van der Waals surface area contributed by atoms with Gasteiger partial charge in [-0.2, -0.15) is 0 Å². The molecule has 0 saturated heterocycles. The van der Waals surface area contributed by atoms with Crippen molar-refractivity contribution in [2.24, 2.45) is 11.1 Å². The van der Waals surface area contributed by atoms with Crippen LogP contribution in [-0.4, -0.2) is 24.4 Å². The first-order chi connectivity index (χ1) is 7.57. The summed E-state index contributed by atoms with van der Waals surface area (Å²) in [6.07, 6.45) is 3.83. The summed E-state index contributed by atoms with van der Waals surface area (Å²) in [5.41, 5.74) is 5.68. The van der Waals surface area contributed by atoms with E-state index in [0.717, 1.165) is 0 Å². The highest BCUT2D eigenvalue weighted by Crippen LogP contribution is 2.26. The normalized spacial score (nSPS) is 14.2. The van der Waals surface area contributed by atoms with Crippen molar-refractivity contribution in [2.75, 3.05) is 13.7 Å². The third kappa shape index (κ3) is 2.39. The lowest BCUT2D eigenvalue weighted by molar-refractivity contribution is 0.0819. The van der Waals surface area contributed by atoms with E-state index in [9.17, 15) is 4.79 Å². The van der Waals surface area contributed by atoms with Gasteiger partial charge >= 0.3 is 0 Å². The minimum atomic E-state index is -0.520. The molecule has 0 radical (unpaired) electrons. The molecule has 0 fully saturated rings. The number of carbonyl (C=O) groups excluding carboxylic acids is 1. The number of aromatic nitrogens is 1. The minimum Gasteiger partial charge on any atom is -0.495 e. The predicted octanol–water partition coefficient (Wildman–Crippen LogP) is 1.65. The Bertz CT molecular complexity index is 373. The van der Waals surface area contributed by atoms with Crippen molar-refractivity contribution in [3.63, 3.8) is 0 Å². The second-order valence-corrected chi connectivity index (χ2v) is 4.06. The van der Waals surface area contributed by atoms with E-state index >= 15 is 0 Å². The fourth-order valence-electron chi connectivity index (χ4n) is 1.40. The van der Waals surface area contributed by atoms with Gasteiger partial charge in [-0.1, -0.05) is 13.8 Å². The summed E-state index contributed by atoms with van der Waals surface area (Å²) in [5.74, 6) is 0.602. The molecule has 0 aliphatic carbocycles. The minimum absolute atomic E-state index is 0.0175. The molecule has 0 aliphatic heterocycles. The van der Waals surface area contributed by atoms with Crippen LogP contribution in [0.5, 0.6) is 5.75 Å². The maximum absolute atomic E-state index is 12.2. The molecule has 0 amide bonds. The Labute approximate surface area is 95.8 Å². The Morgan fingerprint density at radius 1 is 1.56 bits per heavy atom. The van der Waals surface area contributed by atoms with Crippen molar-refractivity contribution in [1.29, 1.82) is 0 Å². The first kappa shape index (κ1) is 12.6. The summed E-state index contributed by atoms with van der Waals surface area (Å²) in [6, 6.07) is 1.69. The number of methoxy groups -OCH3 is 1. The molecule has 88 valence electrons. The van der Waals surface area contributed by atoms with Crippen LogP contribution in [0.25, 0.3) is 0 Å². The van der Waals surface area contributed by atoms with Gasteiger partial charge in [0.05, 0.1) is 13.3 Å². The molecule has 0 saturated carbocycles. The summed E-state index contributed by atoms with van der Waals surface area (Å²) >= 11 is 0. The first-order valence-corrected chi connectivity index (χ1v) is 5.31. The van der Waals surface area contributed by atoms with Gasteiger partial charge in [-0.25, -0.2) is 0 Å². The van der Waals surface area contributed by atoms with Gasteiger partial charge in [0.2, 0.25) is 0 Å². The van der Waals surface area contributed by atoms with E-state index < -0.39 is 5.41 Å². The summed E-state index contributed by atoms with van der Waals surface area (Å²) in [7, 11) is 1.55. The zero-order valence-corrected chi connectivity index (χ0v) is 9.99. The third-order valence-electron chi connectivity index (χ3n) is 2.99. The highest BCUT2D eigenvalue weighted by molar-refractivity contribution is 6.00. The van der Waals surface area contributed by atoms with Gasteiger partial charge in [0.25, 0.3) is 0 Å². The maximum Gasteiger partial charge on any atom is 0.171 e. The molecular formula is C12H18N2O2. The van der Waals surface area contributed by atoms with E-state index in [2.05, 4.69) is 4.98 Å². The summed E-state index contributed by atoms with van der Waals surface area (Å²) in [5, 5.41) is 0. The SMILES string of the molecule is CCC(C)(CN)C(=O)c1cncc(OC)c1. The van der Waals surface area contributed by atoms with Crippen molar-refractivity contribution in [3.8, 4) is 5.75 Å². The summed E-state index contributed by atoms with van der Waals surface area (Å²) in [4.78, 5) is 16.2. The lowest BCUT2D eigenvalue weighted by Crippen LogP contribution is -2.35. The van der Waals surface area contributed by atoms with Crippen LogP contribution in [0, 0.1) is 5.41 Å². The number of nitrogens with two attached hydrogens (primary N) is 1. The topological polar surface area (TPSA) is 65.2 Å². The van der Waals surface area contributed by atoms with Crippen LogP contribution in [0.4, 0.5) is 0 Å². The molecule has 4 heteroatoms. The molecule has 0 aromatic carbocycles. The van der Waals surface area contributed by atoms with Crippen LogP contribution in [0.1, 0.15) is 30.6 Å². The van der Waals surface area contributed by atoms with Crippen LogP contribution in [-0.2, 0) is 0 Å². The second kappa shape index (κ2) is 5.07. The number of hydrogen-bond acceptors (Lipinski definition) is 4. The molecule has 0 bridgehead atoms. The largest absolute Gasteiger partial charge is 0.495 e. The Kier molecular flexibility index (Phi) is 4.01. The molecule has 4 nitrogen and oxygen atoms in total. The molecule has 2 N–H and O–H groups in total. The van der Waals surface area contributed by atoms with Gasteiger partial charge in [0.1, 0.15) is 5.75 Å². The Balaban J connectivity index is 3.04. The molecule has 0 aliphatic rings. The number of hydrogen-bond donors (Lipinski definition) is 1. The van der Waals surface area contributed by atoms with Crippen LogP contribution in [0.15, 0.2) is 18.5 Å². The van der Waals surface area contributed by atoms with E-state index in [-0.39, 0.29) is 5.78 Å². The second-order valence-electron chi connectivity index (χ2n) is 4.06. The fourth-order valence-corrected chi connectivity index (χ4v) is 1.40. The molecule has 1 aromatic heterocycles. The van der Waals surface area contributed by atoms with Crippen molar-refractivity contribution in [1.82, 2.24) is 4.98 Å². The van der Waals surface area contributed by atoms with E-state index in [4.69, 9.17) is 10.5 Å². The molecular weight excluding hydrogens is 204 g/mol. The van der Waals surface area contributed by atoms with Crippen LogP contribution >= 0.6 is 0 Å². The maximum atomic E-state index is 12.2.